The van der Waals surface area contributed by atoms with Crippen molar-refractivity contribution in [1.29, 1.82) is 0 Å². The Morgan fingerprint density at radius 3 is 2.52 bits per heavy atom. The van der Waals surface area contributed by atoms with Crippen LogP contribution in [0.5, 0.6) is 5.75 Å². The molecule has 5 heteroatoms. The Kier molecular flexibility index (Phi) is 3.29. The number of fused-ring (bicyclic) bond motifs is 1. The molecule has 0 spiro atoms. The topological polar surface area (TPSA) is 43.4 Å². The normalized spacial score (nSPS) is 15.4. The summed E-state index contributed by atoms with van der Waals surface area (Å²) in [4.78, 5) is 0.320. The fourth-order valence-electron chi connectivity index (χ4n) is 2.25. The van der Waals surface area contributed by atoms with Crippen LogP contribution in [0.3, 0.4) is 0 Å². The smallest absolute Gasteiger partial charge is 0.200 e. The molecule has 1 heterocycles. The monoisotopic (exact) mass is 304 g/mol. The van der Waals surface area contributed by atoms with Gasteiger partial charge in [-0.3, -0.25) is 0 Å². The number of rotatable bonds is 3. The first-order valence-electron chi connectivity index (χ1n) is 6.41. The van der Waals surface area contributed by atoms with Crippen LogP contribution in [-0.2, 0) is 9.84 Å². The van der Waals surface area contributed by atoms with Crippen LogP contribution >= 0.6 is 0 Å². The molecule has 0 aromatic heterocycles. The van der Waals surface area contributed by atoms with Gasteiger partial charge in [-0.05, 0) is 42.8 Å². The Hall–Kier alpha value is -2.14. The van der Waals surface area contributed by atoms with E-state index in [9.17, 15) is 12.8 Å². The number of benzene rings is 2. The van der Waals surface area contributed by atoms with Gasteiger partial charge in [-0.25, -0.2) is 12.8 Å². The van der Waals surface area contributed by atoms with Crippen LogP contribution in [0.4, 0.5) is 4.39 Å². The Morgan fingerprint density at radius 2 is 1.81 bits per heavy atom. The van der Waals surface area contributed by atoms with Crippen LogP contribution < -0.4 is 4.74 Å². The molecule has 0 N–H and O–H groups in total. The maximum atomic E-state index is 12.8. The summed E-state index contributed by atoms with van der Waals surface area (Å²) in [5.74, 6) is 0.154. The summed E-state index contributed by atoms with van der Waals surface area (Å²) in [6, 6.07) is 10.9. The van der Waals surface area contributed by atoms with Gasteiger partial charge in [0.25, 0.3) is 0 Å². The van der Waals surface area contributed by atoms with Crippen LogP contribution in [0.1, 0.15) is 11.1 Å². The molecule has 0 atom stereocenters. The number of hydrogen-bond donors (Lipinski definition) is 0. The lowest BCUT2D eigenvalue weighted by atomic mass is 10.1. The highest BCUT2D eigenvalue weighted by Crippen LogP contribution is 2.34. The van der Waals surface area contributed by atoms with Crippen molar-refractivity contribution in [2.24, 2.45) is 0 Å². The van der Waals surface area contributed by atoms with Crippen molar-refractivity contribution in [3.05, 3.63) is 64.8 Å². The molecular formula is C16H13FO3S. The molecule has 0 saturated heterocycles. The first-order chi connectivity index (χ1) is 9.95. The summed E-state index contributed by atoms with van der Waals surface area (Å²) in [5, 5.41) is 1.24. The third kappa shape index (κ3) is 2.69. The second-order valence-corrected chi connectivity index (χ2v) is 6.70. The van der Waals surface area contributed by atoms with Gasteiger partial charge in [-0.15, -0.1) is 0 Å². The minimum absolute atomic E-state index is 0.126. The molecule has 2 aromatic rings. The van der Waals surface area contributed by atoms with Gasteiger partial charge < -0.3 is 4.74 Å². The second kappa shape index (κ2) is 5.00. The van der Waals surface area contributed by atoms with Crippen LogP contribution in [0.25, 0.3) is 5.57 Å². The lowest BCUT2D eigenvalue weighted by Gasteiger charge is -2.08. The number of sulfone groups is 1. The van der Waals surface area contributed by atoms with Gasteiger partial charge in [-0.1, -0.05) is 12.1 Å². The molecule has 108 valence electrons. The molecular weight excluding hydrogens is 291 g/mol. The van der Waals surface area contributed by atoms with Crippen LogP contribution in [-0.4, -0.2) is 15.0 Å². The molecule has 2 aromatic carbocycles. The fraction of sp³-hybridized carbons (Fsp3) is 0.125. The number of halogens is 1. The quantitative estimate of drug-likeness (QED) is 0.873. The summed E-state index contributed by atoms with van der Waals surface area (Å²) >= 11 is 0. The summed E-state index contributed by atoms with van der Waals surface area (Å²) in [6.07, 6.45) is 0. The molecule has 3 nitrogen and oxygen atoms in total. The van der Waals surface area contributed by atoms with Gasteiger partial charge in [0, 0.05) is 16.5 Å². The standard InChI is InChI=1S/C16H13FO3S/c1-11-2-7-15-12(10-21(18,19)16(15)8-11)9-20-14-5-3-13(17)4-6-14/h2-8,10H,9H2,1H3. The average Bonchev–Trinajstić information content (AvgIpc) is 2.69. The van der Waals surface area contributed by atoms with E-state index in [1.165, 1.54) is 29.7 Å². The van der Waals surface area contributed by atoms with Gasteiger partial charge in [-0.2, -0.15) is 0 Å². The second-order valence-electron chi connectivity index (χ2n) is 4.93. The van der Waals surface area contributed by atoms with E-state index in [2.05, 4.69) is 0 Å². The van der Waals surface area contributed by atoms with E-state index in [0.29, 0.717) is 21.8 Å². The molecule has 0 bridgehead atoms. The van der Waals surface area contributed by atoms with Crippen molar-refractivity contribution in [2.45, 2.75) is 11.8 Å². The third-order valence-electron chi connectivity index (χ3n) is 3.29. The maximum Gasteiger partial charge on any atom is 0.200 e. The highest BCUT2D eigenvalue weighted by atomic mass is 32.2. The SMILES string of the molecule is Cc1ccc2c(c1)S(=O)(=O)C=C2COc1ccc(F)cc1. The molecule has 1 aliphatic rings. The first kappa shape index (κ1) is 13.8. The molecule has 3 rings (SSSR count). The minimum Gasteiger partial charge on any atom is -0.489 e. The van der Waals surface area contributed by atoms with Crippen molar-refractivity contribution in [3.8, 4) is 5.75 Å². The lowest BCUT2D eigenvalue weighted by molar-refractivity contribution is 0.369. The average molecular weight is 304 g/mol. The van der Waals surface area contributed by atoms with Crippen LogP contribution in [0, 0.1) is 12.7 Å². The molecule has 21 heavy (non-hydrogen) atoms. The molecule has 0 fully saturated rings. The zero-order valence-electron chi connectivity index (χ0n) is 11.3. The van der Waals surface area contributed by atoms with E-state index >= 15 is 0 Å². The van der Waals surface area contributed by atoms with Gasteiger partial charge in [0.1, 0.15) is 18.2 Å². The largest absolute Gasteiger partial charge is 0.489 e. The van der Waals surface area contributed by atoms with Gasteiger partial charge in [0.2, 0.25) is 9.84 Å². The Morgan fingerprint density at radius 1 is 1.10 bits per heavy atom. The molecule has 0 aliphatic carbocycles. The molecule has 0 amide bonds. The Balaban J connectivity index is 1.86. The van der Waals surface area contributed by atoms with Crippen molar-refractivity contribution < 1.29 is 17.5 Å². The molecule has 0 unspecified atom stereocenters. The third-order valence-corrected chi connectivity index (χ3v) is 4.84. The van der Waals surface area contributed by atoms with Crippen molar-refractivity contribution in [1.82, 2.24) is 0 Å². The van der Waals surface area contributed by atoms with E-state index in [4.69, 9.17) is 4.74 Å². The number of aryl methyl sites for hydroxylation is 1. The predicted molar refractivity (Wildman–Crippen MR) is 78.2 cm³/mol. The Labute approximate surface area is 122 Å². The van der Waals surface area contributed by atoms with Crippen LogP contribution in [0.15, 0.2) is 52.8 Å². The summed E-state index contributed by atoms with van der Waals surface area (Å²) in [5.41, 5.74) is 2.17. The molecule has 0 radical (unpaired) electrons. The molecule has 0 saturated carbocycles. The van der Waals surface area contributed by atoms with E-state index in [0.717, 1.165) is 5.56 Å². The molecule has 1 aliphatic heterocycles. The van der Waals surface area contributed by atoms with E-state index in [-0.39, 0.29) is 12.4 Å². The van der Waals surface area contributed by atoms with E-state index < -0.39 is 9.84 Å². The Bertz CT molecular complexity index is 821. The minimum atomic E-state index is -3.39. The van der Waals surface area contributed by atoms with E-state index in [1.54, 1.807) is 12.1 Å². The zero-order valence-corrected chi connectivity index (χ0v) is 12.2. The predicted octanol–water partition coefficient (Wildman–Crippen LogP) is 3.34. The van der Waals surface area contributed by atoms with Crippen molar-refractivity contribution >= 4 is 15.4 Å². The summed E-state index contributed by atoms with van der Waals surface area (Å²) in [7, 11) is -3.39. The van der Waals surface area contributed by atoms with Crippen molar-refractivity contribution in [2.75, 3.05) is 6.61 Å². The number of ether oxygens (including phenoxy) is 1. The van der Waals surface area contributed by atoms with E-state index in [1.807, 2.05) is 13.0 Å². The van der Waals surface area contributed by atoms with Crippen molar-refractivity contribution in [3.63, 3.8) is 0 Å². The lowest BCUT2D eigenvalue weighted by Crippen LogP contribution is -1.99. The zero-order chi connectivity index (χ0) is 15.0. The summed E-state index contributed by atoms with van der Waals surface area (Å²) in [6.45, 7) is 1.98. The highest BCUT2D eigenvalue weighted by molar-refractivity contribution is 7.95. The van der Waals surface area contributed by atoms with Gasteiger partial charge >= 0.3 is 0 Å². The fourth-order valence-corrected chi connectivity index (χ4v) is 3.80. The number of hydrogen-bond acceptors (Lipinski definition) is 3. The first-order valence-corrected chi connectivity index (χ1v) is 7.95. The highest BCUT2D eigenvalue weighted by Gasteiger charge is 2.27. The van der Waals surface area contributed by atoms with Gasteiger partial charge in [0.15, 0.2) is 0 Å². The summed E-state index contributed by atoms with van der Waals surface area (Å²) < 4.78 is 42.5. The maximum absolute atomic E-state index is 12.8. The van der Waals surface area contributed by atoms with Gasteiger partial charge in [0.05, 0.1) is 4.90 Å². The van der Waals surface area contributed by atoms with Crippen LogP contribution in [0.2, 0.25) is 0 Å².